The Bertz CT molecular complexity index is 219. The lowest BCUT2D eigenvalue weighted by molar-refractivity contribution is -0.321. The molecule has 0 saturated carbocycles. The van der Waals surface area contributed by atoms with Gasteiger partial charge < -0.3 is 9.47 Å². The van der Waals surface area contributed by atoms with Gasteiger partial charge in [0, 0.05) is 0 Å². The van der Waals surface area contributed by atoms with E-state index >= 15 is 0 Å². The summed E-state index contributed by atoms with van der Waals surface area (Å²) in [6, 6.07) is 0. The van der Waals surface area contributed by atoms with Crippen molar-refractivity contribution >= 4 is 5.97 Å². The van der Waals surface area contributed by atoms with Crippen LogP contribution in [0, 0.1) is 0 Å². The summed E-state index contributed by atoms with van der Waals surface area (Å²) in [5, 5.41) is 0. The Morgan fingerprint density at radius 3 is 1.88 bits per heavy atom. The van der Waals surface area contributed by atoms with E-state index in [1.807, 2.05) is 0 Å². The van der Waals surface area contributed by atoms with E-state index in [4.69, 9.17) is 0 Å². The molecule has 0 saturated heterocycles. The highest BCUT2D eigenvalue weighted by Crippen LogP contribution is 2.35. The number of hydrogen-bond donors (Lipinski definition) is 0. The van der Waals surface area contributed by atoms with Crippen LogP contribution in [-0.2, 0) is 14.3 Å². The molecule has 0 aliphatic carbocycles. The average molecular weight is 254 g/mol. The predicted molar refractivity (Wildman–Crippen MR) is 38.5 cm³/mol. The van der Waals surface area contributed by atoms with Crippen molar-refractivity contribution in [2.45, 2.75) is 24.9 Å². The Morgan fingerprint density at radius 1 is 1.12 bits per heavy atom. The van der Waals surface area contributed by atoms with Crippen LogP contribution in [0.25, 0.3) is 0 Å². The van der Waals surface area contributed by atoms with Gasteiger partial charge in [0.15, 0.2) is 0 Å². The molecular formula is C7H8F6O3. The van der Waals surface area contributed by atoms with Crippen molar-refractivity contribution in [3.63, 3.8) is 0 Å². The van der Waals surface area contributed by atoms with Gasteiger partial charge in [0.1, 0.15) is 0 Å². The highest BCUT2D eigenvalue weighted by molar-refractivity contribution is 5.69. The van der Waals surface area contributed by atoms with Gasteiger partial charge >= 0.3 is 18.3 Å². The van der Waals surface area contributed by atoms with Crippen molar-refractivity contribution in [2.24, 2.45) is 0 Å². The van der Waals surface area contributed by atoms with Crippen LogP contribution in [0.5, 0.6) is 0 Å². The van der Waals surface area contributed by atoms with Crippen LogP contribution in [0.3, 0.4) is 0 Å². The molecule has 0 amide bonds. The van der Waals surface area contributed by atoms with Crippen molar-refractivity contribution < 1.29 is 40.6 Å². The maximum atomic E-state index is 11.9. The SMILES string of the molecule is COC(=O)CCOC(C(F)(F)F)C(F)(F)F. The van der Waals surface area contributed by atoms with Gasteiger partial charge in [-0.2, -0.15) is 26.3 Å². The molecule has 0 aliphatic rings. The zero-order valence-corrected chi connectivity index (χ0v) is 7.98. The molecule has 0 unspecified atom stereocenters. The first kappa shape index (κ1) is 15.0. The van der Waals surface area contributed by atoms with Gasteiger partial charge in [-0.25, -0.2) is 0 Å². The molecule has 0 aliphatic heterocycles. The van der Waals surface area contributed by atoms with E-state index in [2.05, 4.69) is 9.47 Å². The van der Waals surface area contributed by atoms with E-state index in [1.165, 1.54) is 0 Å². The average Bonchev–Trinajstić information content (AvgIpc) is 2.07. The quantitative estimate of drug-likeness (QED) is 0.569. The minimum atomic E-state index is -5.56. The molecular weight excluding hydrogens is 246 g/mol. The number of halogens is 6. The summed E-state index contributed by atoms with van der Waals surface area (Å²) < 4.78 is 78.8. The van der Waals surface area contributed by atoms with Crippen LogP contribution >= 0.6 is 0 Å². The maximum Gasteiger partial charge on any atom is 0.423 e. The Labute approximate surface area is 86.3 Å². The van der Waals surface area contributed by atoms with Gasteiger partial charge in [-0.05, 0) is 0 Å². The first-order valence-electron chi connectivity index (χ1n) is 3.91. The lowest BCUT2D eigenvalue weighted by Gasteiger charge is -2.22. The molecule has 0 rings (SSSR count). The van der Waals surface area contributed by atoms with E-state index in [1.54, 1.807) is 0 Å². The molecule has 0 atom stereocenters. The second-order valence-electron chi connectivity index (χ2n) is 2.66. The van der Waals surface area contributed by atoms with Gasteiger partial charge in [-0.15, -0.1) is 0 Å². The number of ether oxygens (including phenoxy) is 2. The number of methoxy groups -OCH3 is 1. The van der Waals surface area contributed by atoms with Crippen molar-refractivity contribution in [1.29, 1.82) is 0 Å². The molecule has 0 bridgehead atoms. The maximum absolute atomic E-state index is 11.9. The van der Waals surface area contributed by atoms with Crippen LogP contribution in [0.1, 0.15) is 6.42 Å². The van der Waals surface area contributed by atoms with Gasteiger partial charge in [0.05, 0.1) is 20.1 Å². The molecule has 0 heterocycles. The Morgan fingerprint density at radius 2 is 1.56 bits per heavy atom. The third-order valence-corrected chi connectivity index (χ3v) is 1.41. The molecule has 0 aromatic rings. The minimum Gasteiger partial charge on any atom is -0.469 e. The summed E-state index contributed by atoms with van der Waals surface area (Å²) in [7, 11) is 0.952. The highest BCUT2D eigenvalue weighted by Gasteiger charge is 2.57. The summed E-state index contributed by atoms with van der Waals surface area (Å²) >= 11 is 0. The minimum absolute atomic E-state index is 0.681. The third kappa shape index (κ3) is 5.19. The zero-order valence-electron chi connectivity index (χ0n) is 7.98. The summed E-state index contributed by atoms with van der Waals surface area (Å²) in [5.74, 6) is -0.955. The third-order valence-electron chi connectivity index (χ3n) is 1.41. The summed E-state index contributed by atoms with van der Waals surface area (Å²) in [4.78, 5) is 10.4. The van der Waals surface area contributed by atoms with E-state index in [-0.39, 0.29) is 0 Å². The van der Waals surface area contributed by atoms with E-state index in [9.17, 15) is 31.1 Å². The summed E-state index contributed by atoms with van der Waals surface area (Å²) in [6.07, 6.45) is -15.7. The normalized spacial score (nSPS) is 13.0. The van der Waals surface area contributed by atoms with Crippen molar-refractivity contribution in [3.8, 4) is 0 Å². The van der Waals surface area contributed by atoms with Gasteiger partial charge in [-0.1, -0.05) is 0 Å². The Kier molecular flexibility index (Phi) is 5.04. The van der Waals surface area contributed by atoms with Crippen molar-refractivity contribution in [2.75, 3.05) is 13.7 Å². The number of carbonyl (C=O) groups excluding carboxylic acids is 1. The zero-order chi connectivity index (χ0) is 13.0. The van der Waals surface area contributed by atoms with Crippen LogP contribution in [0.4, 0.5) is 26.3 Å². The van der Waals surface area contributed by atoms with Gasteiger partial charge in [0.25, 0.3) is 0 Å². The Hall–Kier alpha value is -0.990. The molecule has 0 aromatic carbocycles. The number of hydrogen-bond acceptors (Lipinski definition) is 3. The number of carbonyl (C=O) groups is 1. The molecule has 0 spiro atoms. The van der Waals surface area contributed by atoms with Crippen LogP contribution in [0.2, 0.25) is 0 Å². The van der Waals surface area contributed by atoms with Gasteiger partial charge in [0.2, 0.25) is 6.10 Å². The largest absolute Gasteiger partial charge is 0.469 e. The second-order valence-corrected chi connectivity index (χ2v) is 2.66. The summed E-state index contributed by atoms with van der Waals surface area (Å²) in [6.45, 7) is -1.02. The molecule has 9 heteroatoms. The number of esters is 1. The number of alkyl halides is 6. The van der Waals surface area contributed by atoms with E-state index in [0.29, 0.717) is 0 Å². The molecule has 96 valence electrons. The highest BCUT2D eigenvalue weighted by atomic mass is 19.4. The predicted octanol–water partition coefficient (Wildman–Crippen LogP) is 2.06. The molecule has 3 nitrogen and oxygen atoms in total. The Balaban J connectivity index is 4.31. The first-order chi connectivity index (χ1) is 7.09. The molecule has 0 radical (unpaired) electrons. The van der Waals surface area contributed by atoms with Crippen LogP contribution in [0.15, 0.2) is 0 Å². The number of rotatable bonds is 4. The van der Waals surface area contributed by atoms with Crippen molar-refractivity contribution in [1.82, 2.24) is 0 Å². The van der Waals surface area contributed by atoms with Gasteiger partial charge in [-0.3, -0.25) is 4.79 Å². The lowest BCUT2D eigenvalue weighted by Crippen LogP contribution is -2.44. The lowest BCUT2D eigenvalue weighted by atomic mass is 10.3. The van der Waals surface area contributed by atoms with Crippen LogP contribution < -0.4 is 0 Å². The van der Waals surface area contributed by atoms with Crippen molar-refractivity contribution in [3.05, 3.63) is 0 Å². The molecule has 0 aromatic heterocycles. The van der Waals surface area contributed by atoms with E-state index < -0.39 is 37.5 Å². The fourth-order valence-electron chi connectivity index (χ4n) is 0.737. The smallest absolute Gasteiger partial charge is 0.423 e. The molecule has 16 heavy (non-hydrogen) atoms. The second kappa shape index (κ2) is 5.37. The fourth-order valence-corrected chi connectivity index (χ4v) is 0.737. The fraction of sp³-hybridized carbons (Fsp3) is 0.857. The van der Waals surface area contributed by atoms with Crippen LogP contribution in [-0.4, -0.2) is 38.1 Å². The molecule has 0 fully saturated rings. The monoisotopic (exact) mass is 254 g/mol. The first-order valence-corrected chi connectivity index (χ1v) is 3.91. The molecule has 0 N–H and O–H groups in total. The summed E-state index contributed by atoms with van der Waals surface area (Å²) in [5.41, 5.74) is 0. The van der Waals surface area contributed by atoms with E-state index in [0.717, 1.165) is 7.11 Å². The standard InChI is InChI=1S/C7H8F6O3/c1-15-4(14)2-3-16-5(6(8,9)10)7(11,12)13/h5H,2-3H2,1H3. The topological polar surface area (TPSA) is 35.5 Å².